The van der Waals surface area contributed by atoms with Crippen LogP contribution in [0.2, 0.25) is 0 Å². The number of likely N-dealkylation sites (tertiary alicyclic amines) is 1. The fourth-order valence-corrected chi connectivity index (χ4v) is 7.75. The van der Waals surface area contributed by atoms with Crippen molar-refractivity contribution in [1.29, 1.82) is 0 Å². The maximum absolute atomic E-state index is 14.7. The molecule has 0 spiro atoms. The Balaban J connectivity index is 1.71. The Morgan fingerprint density at radius 2 is 1.86 bits per heavy atom. The lowest BCUT2D eigenvalue weighted by molar-refractivity contribution is -0.153. The second-order valence-corrected chi connectivity index (χ2v) is 12.1. The van der Waals surface area contributed by atoms with Crippen LogP contribution in [-0.2, 0) is 33.5 Å². The largest absolute Gasteiger partial charge is 0.508 e. The molecule has 4 aliphatic rings. The number of rotatable bonds is 5. The van der Waals surface area contributed by atoms with E-state index in [0.717, 1.165) is 32.3 Å². The van der Waals surface area contributed by atoms with Crippen LogP contribution in [0.15, 0.2) is 23.0 Å². The highest BCUT2D eigenvalue weighted by Crippen LogP contribution is 2.54. The molecule has 3 aliphatic carbocycles. The van der Waals surface area contributed by atoms with Gasteiger partial charge in [-0.2, -0.15) is 13.2 Å². The Kier molecular flexibility index (Phi) is 7.35. The number of alkyl halides is 3. The highest BCUT2D eigenvalue weighted by atomic mass is 19.4. The Labute approximate surface area is 240 Å². The molecule has 42 heavy (non-hydrogen) atoms. The first kappa shape index (κ1) is 30.2. The van der Waals surface area contributed by atoms with Crippen LogP contribution in [0, 0.1) is 11.8 Å². The van der Waals surface area contributed by atoms with Crippen molar-refractivity contribution in [3.8, 4) is 5.75 Å². The summed E-state index contributed by atoms with van der Waals surface area (Å²) in [7, 11) is 2.97. The normalized spacial score (nSPS) is 30.1. The first-order valence-corrected chi connectivity index (χ1v) is 14.1. The molecule has 228 valence electrons. The van der Waals surface area contributed by atoms with Gasteiger partial charge in [0.05, 0.1) is 17.2 Å². The zero-order valence-corrected chi connectivity index (χ0v) is 23.9. The Hall–Kier alpha value is -3.22. The molecule has 1 aliphatic heterocycles. The van der Waals surface area contributed by atoms with Crippen LogP contribution in [0.5, 0.6) is 5.75 Å². The molecule has 0 radical (unpaired) electrons. The quantitative estimate of drug-likeness (QED) is 0.379. The maximum atomic E-state index is 14.7. The SMILES string of the molecule is CCC1CCCN1Cc1cc(O)c2c(c1C(F)(F)F)C[C@H]1C[C@H]3[C@H](N(C)C)C(=O)C(C(C)=O)=C(O)[C@@]3(O)C(=O)C1=C2O. The number of likely N-dealkylation sites (N-methyl/N-ethyl adjacent to an activating group) is 1. The second-order valence-electron chi connectivity index (χ2n) is 12.1. The molecule has 4 N–H and O–H groups in total. The van der Waals surface area contributed by atoms with Crippen molar-refractivity contribution >= 4 is 23.1 Å². The number of carbonyl (C=O) groups excluding carboxylic acids is 3. The van der Waals surface area contributed by atoms with Crippen molar-refractivity contribution in [1.82, 2.24) is 9.80 Å². The Morgan fingerprint density at radius 3 is 2.43 bits per heavy atom. The van der Waals surface area contributed by atoms with Gasteiger partial charge in [0.15, 0.2) is 17.2 Å². The number of hydrogen-bond acceptors (Lipinski definition) is 9. The van der Waals surface area contributed by atoms with Gasteiger partial charge in [0.2, 0.25) is 5.78 Å². The molecular formula is C30H35F3N2O7. The summed E-state index contributed by atoms with van der Waals surface area (Å²) in [5.74, 6) is -7.99. The predicted octanol–water partition coefficient (Wildman–Crippen LogP) is 3.46. The number of fused-ring (bicyclic) bond motifs is 3. The zero-order chi connectivity index (χ0) is 31.0. The maximum Gasteiger partial charge on any atom is 0.417 e. The zero-order valence-electron chi connectivity index (χ0n) is 23.9. The summed E-state index contributed by atoms with van der Waals surface area (Å²) in [5, 5.41) is 45.0. The van der Waals surface area contributed by atoms with Crippen LogP contribution in [0.3, 0.4) is 0 Å². The van der Waals surface area contributed by atoms with Crippen LogP contribution in [-0.4, -0.2) is 85.9 Å². The van der Waals surface area contributed by atoms with E-state index in [-0.39, 0.29) is 30.1 Å². The summed E-state index contributed by atoms with van der Waals surface area (Å²) in [5.41, 5.74) is -6.01. The van der Waals surface area contributed by atoms with Gasteiger partial charge >= 0.3 is 6.18 Å². The predicted molar refractivity (Wildman–Crippen MR) is 144 cm³/mol. The lowest BCUT2D eigenvalue weighted by atomic mass is 9.57. The highest BCUT2D eigenvalue weighted by Gasteiger charge is 2.64. The molecule has 5 rings (SSSR count). The van der Waals surface area contributed by atoms with E-state index in [4.69, 9.17) is 0 Å². The average molecular weight is 593 g/mol. The number of Topliss-reactive ketones (excluding diaryl/α,β-unsaturated/α-hetero) is 3. The smallest absolute Gasteiger partial charge is 0.417 e. The Bertz CT molecular complexity index is 1450. The molecular weight excluding hydrogens is 557 g/mol. The van der Waals surface area contributed by atoms with E-state index in [1.807, 2.05) is 11.8 Å². The van der Waals surface area contributed by atoms with Crippen LogP contribution < -0.4 is 0 Å². The number of aliphatic hydroxyl groups excluding tert-OH is 2. The van der Waals surface area contributed by atoms with Gasteiger partial charge in [0, 0.05) is 24.1 Å². The van der Waals surface area contributed by atoms with E-state index in [2.05, 4.69) is 0 Å². The van der Waals surface area contributed by atoms with Crippen LogP contribution >= 0.6 is 0 Å². The van der Waals surface area contributed by atoms with E-state index in [1.165, 1.54) is 19.0 Å². The van der Waals surface area contributed by atoms with Crippen molar-refractivity contribution in [2.45, 2.75) is 76.4 Å². The summed E-state index contributed by atoms with van der Waals surface area (Å²) in [6.45, 7) is 3.52. The number of phenolic OH excluding ortho intramolecular Hbond substituents is 1. The van der Waals surface area contributed by atoms with Gasteiger partial charge in [-0.25, -0.2) is 0 Å². The van der Waals surface area contributed by atoms with Gasteiger partial charge in [-0.3, -0.25) is 24.2 Å². The number of halogens is 3. The average Bonchev–Trinajstić information content (AvgIpc) is 3.31. The summed E-state index contributed by atoms with van der Waals surface area (Å²) >= 11 is 0. The molecule has 2 fully saturated rings. The lowest BCUT2D eigenvalue weighted by Crippen LogP contribution is -2.65. The third kappa shape index (κ3) is 4.29. The summed E-state index contributed by atoms with van der Waals surface area (Å²) < 4.78 is 44.2. The third-order valence-corrected chi connectivity index (χ3v) is 9.54. The molecule has 5 atom stereocenters. The van der Waals surface area contributed by atoms with Gasteiger partial charge in [-0.1, -0.05) is 6.92 Å². The third-order valence-electron chi connectivity index (χ3n) is 9.54. The number of ketones is 3. The van der Waals surface area contributed by atoms with Crippen molar-refractivity contribution in [2.75, 3.05) is 20.6 Å². The van der Waals surface area contributed by atoms with E-state index < -0.39 is 93.0 Å². The van der Waals surface area contributed by atoms with Gasteiger partial charge in [0.25, 0.3) is 0 Å². The fourth-order valence-electron chi connectivity index (χ4n) is 7.75. The monoisotopic (exact) mass is 592 g/mol. The van der Waals surface area contributed by atoms with E-state index in [0.29, 0.717) is 6.54 Å². The molecule has 1 heterocycles. The van der Waals surface area contributed by atoms with Gasteiger partial charge in [-0.15, -0.1) is 0 Å². The number of benzene rings is 1. The van der Waals surface area contributed by atoms with E-state index in [9.17, 15) is 48.0 Å². The Morgan fingerprint density at radius 1 is 1.19 bits per heavy atom. The number of nitrogens with zero attached hydrogens (tertiary/aromatic N) is 2. The van der Waals surface area contributed by atoms with Gasteiger partial charge in [0.1, 0.15) is 22.8 Å². The minimum Gasteiger partial charge on any atom is -0.508 e. The number of aliphatic hydroxyl groups is 3. The van der Waals surface area contributed by atoms with Crippen molar-refractivity contribution in [3.05, 3.63) is 45.2 Å². The van der Waals surface area contributed by atoms with Gasteiger partial charge in [-0.05, 0) is 82.8 Å². The molecule has 1 saturated heterocycles. The molecule has 1 unspecified atom stereocenters. The second kappa shape index (κ2) is 10.2. The molecule has 9 nitrogen and oxygen atoms in total. The standard InChI is InChI=1S/C30H35F3N2O7/c1-5-16-7-6-8-35(16)12-15-11-19(37)22-17(23(15)30(31,32)33)9-14-10-18-24(34(3)4)26(39)20(13(2)36)27(40)29(18,42)28(41)21(14)25(22)38/h11,14,16,18,24,37-38,40,42H,5-10,12H2,1-4H3/t14-,16?,18-,24-,29+/m0/s1. The van der Waals surface area contributed by atoms with Crippen LogP contribution in [0.25, 0.3) is 5.76 Å². The molecule has 12 heteroatoms. The minimum absolute atomic E-state index is 0.0544. The lowest BCUT2D eigenvalue weighted by Gasteiger charge is -2.50. The molecule has 0 bridgehead atoms. The van der Waals surface area contributed by atoms with Crippen molar-refractivity contribution in [2.24, 2.45) is 11.8 Å². The molecule has 1 aromatic rings. The first-order valence-electron chi connectivity index (χ1n) is 14.1. The summed E-state index contributed by atoms with van der Waals surface area (Å²) in [4.78, 5) is 42.9. The number of hydrogen-bond donors (Lipinski definition) is 4. The van der Waals surface area contributed by atoms with Crippen LogP contribution in [0.4, 0.5) is 13.2 Å². The first-order chi connectivity index (χ1) is 19.5. The van der Waals surface area contributed by atoms with Crippen molar-refractivity contribution in [3.63, 3.8) is 0 Å². The number of carbonyl (C=O) groups is 3. The fraction of sp³-hybridized carbons (Fsp3) is 0.567. The molecule has 1 aromatic carbocycles. The summed E-state index contributed by atoms with van der Waals surface area (Å²) in [6, 6.07) is -0.173. The van der Waals surface area contributed by atoms with Crippen LogP contribution in [0.1, 0.15) is 61.8 Å². The molecule has 1 saturated carbocycles. The van der Waals surface area contributed by atoms with Gasteiger partial charge < -0.3 is 20.4 Å². The summed E-state index contributed by atoms with van der Waals surface area (Å²) in [6.07, 6.45) is -3.05. The molecule has 0 amide bonds. The highest BCUT2D eigenvalue weighted by molar-refractivity contribution is 6.25. The number of phenols is 1. The van der Waals surface area contributed by atoms with E-state index >= 15 is 0 Å². The molecule has 0 aromatic heterocycles. The number of aromatic hydroxyl groups is 1. The minimum atomic E-state index is -4.85. The topological polar surface area (TPSA) is 139 Å². The van der Waals surface area contributed by atoms with E-state index in [1.54, 1.807) is 0 Å². The van der Waals surface area contributed by atoms with Crippen molar-refractivity contribution < 1.29 is 48.0 Å².